The van der Waals surface area contributed by atoms with Crippen molar-refractivity contribution in [2.24, 2.45) is 0 Å². The minimum atomic E-state index is -3.17. The summed E-state index contributed by atoms with van der Waals surface area (Å²) in [5, 5.41) is 19.0. The van der Waals surface area contributed by atoms with Crippen LogP contribution in [0.1, 0.15) is 5.56 Å². The van der Waals surface area contributed by atoms with E-state index in [1.807, 2.05) is 0 Å². The van der Waals surface area contributed by atoms with Crippen molar-refractivity contribution >= 4 is 11.4 Å². The summed E-state index contributed by atoms with van der Waals surface area (Å²) in [6, 6.07) is 3.15. The molecule has 0 fully saturated rings. The molecule has 0 aliphatic carbocycles. The lowest BCUT2D eigenvalue weighted by Crippen LogP contribution is -2.05. The highest BCUT2D eigenvalue weighted by Gasteiger charge is 2.19. The van der Waals surface area contributed by atoms with Crippen LogP contribution in [0.4, 0.5) is 20.2 Å². The van der Waals surface area contributed by atoms with Gasteiger partial charge in [-0.25, -0.2) is 0 Å². The second-order valence-corrected chi connectivity index (χ2v) is 2.65. The minimum Gasteiger partial charge on any atom is -0.433 e. The molecule has 0 aromatic heterocycles. The van der Waals surface area contributed by atoms with Crippen molar-refractivity contribution in [3.05, 3.63) is 27.8 Å². The van der Waals surface area contributed by atoms with E-state index >= 15 is 0 Å². The lowest BCUT2D eigenvalue weighted by molar-refractivity contribution is -0.384. The topological polar surface area (TPSA) is 102 Å². The van der Waals surface area contributed by atoms with E-state index in [2.05, 4.69) is 4.74 Å². The first-order valence-electron chi connectivity index (χ1n) is 3.88. The summed E-state index contributed by atoms with van der Waals surface area (Å²) in [5.41, 5.74) is 4.10. The van der Waals surface area contributed by atoms with Crippen LogP contribution in [0.3, 0.4) is 0 Å². The predicted molar refractivity (Wildman–Crippen MR) is 48.9 cm³/mol. The highest BCUT2D eigenvalue weighted by molar-refractivity contribution is 5.66. The number of nitrogen functional groups attached to an aromatic ring is 1. The number of nitrogens with zero attached hydrogens (tertiary/aromatic N) is 2. The molecule has 0 aliphatic rings. The van der Waals surface area contributed by atoms with Crippen LogP contribution in [0.2, 0.25) is 0 Å². The summed E-state index contributed by atoms with van der Waals surface area (Å²) in [7, 11) is 0. The molecule has 0 unspecified atom stereocenters. The average molecular weight is 229 g/mol. The molecule has 6 nitrogen and oxygen atoms in total. The number of hydrogen-bond donors (Lipinski definition) is 1. The fourth-order valence-corrected chi connectivity index (χ4v) is 1.02. The number of nitro groups is 1. The maximum atomic E-state index is 11.9. The molecule has 0 bridgehead atoms. The van der Waals surface area contributed by atoms with Crippen LogP contribution < -0.4 is 10.5 Å². The standard InChI is InChI=1S/C8H5F2N3O3/c9-8(10)16-7-2-6(13(14)15)5(12)1-4(7)3-11/h1-2,8H,12H2. The van der Waals surface area contributed by atoms with E-state index in [0.29, 0.717) is 6.07 Å². The summed E-state index contributed by atoms with van der Waals surface area (Å²) in [6.45, 7) is -3.17. The largest absolute Gasteiger partial charge is 0.433 e. The van der Waals surface area contributed by atoms with Gasteiger partial charge in [-0.05, 0) is 6.07 Å². The average Bonchev–Trinajstić information content (AvgIpc) is 2.18. The first-order valence-corrected chi connectivity index (χ1v) is 3.88. The Morgan fingerprint density at radius 1 is 1.56 bits per heavy atom. The number of rotatable bonds is 3. The molecule has 8 heteroatoms. The van der Waals surface area contributed by atoms with Gasteiger partial charge >= 0.3 is 6.61 Å². The molecule has 0 aliphatic heterocycles. The van der Waals surface area contributed by atoms with Crippen LogP contribution in [-0.2, 0) is 0 Å². The van der Waals surface area contributed by atoms with Gasteiger partial charge in [-0.1, -0.05) is 0 Å². The molecule has 1 aromatic carbocycles. The van der Waals surface area contributed by atoms with E-state index in [9.17, 15) is 18.9 Å². The first-order chi connectivity index (χ1) is 7.45. The van der Waals surface area contributed by atoms with Crippen LogP contribution in [0.25, 0.3) is 0 Å². The quantitative estimate of drug-likeness (QED) is 0.482. The number of nitro benzene ring substituents is 1. The molecule has 0 radical (unpaired) electrons. The van der Waals surface area contributed by atoms with Gasteiger partial charge in [0.15, 0.2) is 5.75 Å². The molecule has 1 rings (SSSR count). The van der Waals surface area contributed by atoms with Crippen LogP contribution >= 0.6 is 0 Å². The summed E-state index contributed by atoms with van der Waals surface area (Å²) in [4.78, 5) is 9.61. The zero-order valence-corrected chi connectivity index (χ0v) is 7.68. The van der Waals surface area contributed by atoms with Crippen molar-refractivity contribution in [1.82, 2.24) is 0 Å². The van der Waals surface area contributed by atoms with Crippen LogP contribution in [0.15, 0.2) is 12.1 Å². The Morgan fingerprint density at radius 3 is 2.62 bits per heavy atom. The molecule has 16 heavy (non-hydrogen) atoms. The smallest absolute Gasteiger partial charge is 0.387 e. The molecule has 0 saturated carbocycles. The number of alkyl halides is 2. The van der Waals surface area contributed by atoms with Crippen molar-refractivity contribution in [1.29, 1.82) is 5.26 Å². The Balaban J connectivity index is 3.30. The van der Waals surface area contributed by atoms with Gasteiger partial charge in [-0.2, -0.15) is 14.0 Å². The van der Waals surface area contributed by atoms with E-state index in [1.54, 1.807) is 6.07 Å². The number of benzene rings is 1. The van der Waals surface area contributed by atoms with Crippen molar-refractivity contribution in [2.75, 3.05) is 5.73 Å². The third-order valence-electron chi connectivity index (χ3n) is 1.66. The Morgan fingerprint density at radius 2 is 2.19 bits per heavy atom. The zero-order chi connectivity index (χ0) is 12.3. The van der Waals surface area contributed by atoms with Crippen LogP contribution in [-0.4, -0.2) is 11.5 Å². The monoisotopic (exact) mass is 229 g/mol. The van der Waals surface area contributed by atoms with E-state index in [4.69, 9.17) is 11.0 Å². The van der Waals surface area contributed by atoms with Crippen LogP contribution in [0, 0.1) is 21.4 Å². The summed E-state index contributed by atoms with van der Waals surface area (Å²) < 4.78 is 27.8. The maximum absolute atomic E-state index is 11.9. The molecular formula is C8H5F2N3O3. The second kappa shape index (κ2) is 4.39. The van der Waals surface area contributed by atoms with Gasteiger partial charge in [-0.15, -0.1) is 0 Å². The Hall–Kier alpha value is -2.43. The number of hydrogen-bond acceptors (Lipinski definition) is 5. The van der Waals surface area contributed by atoms with Gasteiger partial charge in [0.25, 0.3) is 5.69 Å². The molecule has 0 heterocycles. The van der Waals surface area contributed by atoms with Crippen molar-refractivity contribution in [3.63, 3.8) is 0 Å². The van der Waals surface area contributed by atoms with Gasteiger partial charge < -0.3 is 10.5 Å². The summed E-state index contributed by atoms with van der Waals surface area (Å²) in [5.74, 6) is -0.571. The van der Waals surface area contributed by atoms with E-state index in [0.717, 1.165) is 6.07 Å². The number of nitriles is 1. The molecule has 2 N–H and O–H groups in total. The molecule has 84 valence electrons. The second-order valence-electron chi connectivity index (χ2n) is 2.65. The molecule has 0 atom stereocenters. The number of ether oxygens (including phenoxy) is 1. The van der Waals surface area contributed by atoms with Gasteiger partial charge in [0, 0.05) is 0 Å². The third-order valence-corrected chi connectivity index (χ3v) is 1.66. The lowest BCUT2D eigenvalue weighted by Gasteiger charge is -2.07. The highest BCUT2D eigenvalue weighted by atomic mass is 19.3. The number of nitrogens with two attached hydrogens (primary N) is 1. The van der Waals surface area contributed by atoms with E-state index in [-0.39, 0.29) is 11.3 Å². The minimum absolute atomic E-state index is 0.289. The van der Waals surface area contributed by atoms with E-state index < -0.39 is 23.0 Å². The third kappa shape index (κ3) is 2.33. The van der Waals surface area contributed by atoms with Gasteiger partial charge in [-0.3, -0.25) is 10.1 Å². The zero-order valence-electron chi connectivity index (χ0n) is 7.68. The fourth-order valence-electron chi connectivity index (χ4n) is 1.02. The predicted octanol–water partition coefficient (Wildman–Crippen LogP) is 1.65. The number of halogens is 2. The van der Waals surface area contributed by atoms with Gasteiger partial charge in [0.1, 0.15) is 11.8 Å². The first kappa shape index (κ1) is 11.6. The highest BCUT2D eigenvalue weighted by Crippen LogP contribution is 2.31. The lowest BCUT2D eigenvalue weighted by atomic mass is 10.1. The van der Waals surface area contributed by atoms with E-state index in [1.165, 1.54) is 0 Å². The molecule has 0 amide bonds. The van der Waals surface area contributed by atoms with Crippen molar-refractivity contribution < 1.29 is 18.4 Å². The molecular weight excluding hydrogens is 224 g/mol. The summed E-state index contributed by atoms with van der Waals surface area (Å²) >= 11 is 0. The molecule has 0 spiro atoms. The Kier molecular flexibility index (Phi) is 3.20. The Bertz CT molecular complexity index is 470. The fraction of sp³-hybridized carbons (Fsp3) is 0.125. The van der Waals surface area contributed by atoms with Gasteiger partial charge in [0.2, 0.25) is 0 Å². The van der Waals surface area contributed by atoms with Gasteiger partial charge in [0.05, 0.1) is 16.6 Å². The SMILES string of the molecule is N#Cc1cc(N)c([N+](=O)[O-])cc1OC(F)F. The van der Waals surface area contributed by atoms with Crippen molar-refractivity contribution in [3.8, 4) is 11.8 Å². The summed E-state index contributed by atoms with van der Waals surface area (Å²) in [6.07, 6.45) is 0. The number of anilines is 1. The van der Waals surface area contributed by atoms with Crippen LogP contribution in [0.5, 0.6) is 5.75 Å². The molecule has 1 aromatic rings. The molecule has 0 saturated heterocycles. The normalized spacial score (nSPS) is 9.88. The maximum Gasteiger partial charge on any atom is 0.387 e. The Labute approximate surface area is 88.0 Å². The van der Waals surface area contributed by atoms with Crippen molar-refractivity contribution in [2.45, 2.75) is 6.61 Å².